The first-order chi connectivity index (χ1) is 16.6. The van der Waals surface area contributed by atoms with Crippen molar-refractivity contribution >= 4 is 11.9 Å². The highest BCUT2D eigenvalue weighted by Gasteiger charge is 2.22. The van der Waals surface area contributed by atoms with Gasteiger partial charge in [-0.3, -0.25) is 4.79 Å². The fraction of sp³-hybridized carbons (Fsp3) is 0.933. The Kier molecular flexibility index (Phi) is 21.4. The van der Waals surface area contributed by atoms with E-state index in [0.717, 1.165) is 12.8 Å². The molecule has 5 heteroatoms. The highest BCUT2D eigenvalue weighted by Crippen LogP contribution is 2.18. The number of hydrogen-bond acceptors (Lipinski definition) is 4. The van der Waals surface area contributed by atoms with Crippen molar-refractivity contribution in [2.45, 2.75) is 148 Å². The average molecular weight is 498 g/mol. The summed E-state index contributed by atoms with van der Waals surface area (Å²) in [6, 6.07) is 0. The zero-order chi connectivity index (χ0) is 26.4. The van der Waals surface area contributed by atoms with Crippen LogP contribution in [-0.2, 0) is 14.3 Å². The zero-order valence-corrected chi connectivity index (χ0v) is 24.1. The first kappa shape index (κ1) is 33.9. The molecule has 2 atom stereocenters. The summed E-state index contributed by atoms with van der Waals surface area (Å²) in [6.45, 7) is 5.01. The topological polar surface area (TPSA) is 66.4 Å². The molecule has 0 bridgehead atoms. The van der Waals surface area contributed by atoms with Crippen LogP contribution in [0.4, 0.5) is 0 Å². The van der Waals surface area contributed by atoms with Crippen LogP contribution in [0.25, 0.3) is 0 Å². The number of nitrogens with zero attached hydrogens (tertiary/aromatic N) is 1. The van der Waals surface area contributed by atoms with E-state index in [1.807, 2.05) is 21.1 Å². The summed E-state index contributed by atoms with van der Waals surface area (Å²) in [7, 11) is 5.86. The number of likely N-dealkylation sites (N-methyl/N-ethyl adjacent to an activating group) is 1. The molecular formula is C30H59NO4. The van der Waals surface area contributed by atoms with Crippen molar-refractivity contribution in [3.8, 4) is 0 Å². The Bertz CT molecular complexity index is 515. The second-order valence-corrected chi connectivity index (χ2v) is 11.9. The van der Waals surface area contributed by atoms with Crippen molar-refractivity contribution in [3.05, 3.63) is 0 Å². The molecule has 0 amide bonds. The predicted molar refractivity (Wildman–Crippen MR) is 145 cm³/mol. The molecule has 0 aromatic rings. The molecule has 35 heavy (non-hydrogen) atoms. The maximum Gasteiger partial charge on any atom is 0.306 e. The van der Waals surface area contributed by atoms with E-state index in [1.165, 1.54) is 103 Å². The zero-order valence-electron chi connectivity index (χ0n) is 24.1. The van der Waals surface area contributed by atoms with Gasteiger partial charge in [-0.2, -0.15) is 0 Å². The fourth-order valence-electron chi connectivity index (χ4n) is 4.79. The van der Waals surface area contributed by atoms with Gasteiger partial charge in [-0.05, 0) is 12.3 Å². The van der Waals surface area contributed by atoms with Crippen LogP contribution < -0.4 is 5.11 Å². The van der Waals surface area contributed by atoms with E-state index in [-0.39, 0.29) is 12.4 Å². The normalized spacial score (nSPS) is 13.5. The second kappa shape index (κ2) is 22.1. The summed E-state index contributed by atoms with van der Waals surface area (Å²) < 4.78 is 5.98. The first-order valence-electron chi connectivity index (χ1n) is 14.8. The van der Waals surface area contributed by atoms with Gasteiger partial charge in [0.05, 0.1) is 21.1 Å². The maximum absolute atomic E-state index is 12.2. The number of unbranched alkanes of at least 4 members (excludes halogenated alkanes) is 14. The summed E-state index contributed by atoms with van der Waals surface area (Å²) in [6.07, 6.45) is 23.4. The third-order valence-electron chi connectivity index (χ3n) is 6.82. The van der Waals surface area contributed by atoms with E-state index >= 15 is 0 Å². The van der Waals surface area contributed by atoms with Crippen LogP contribution in [0.3, 0.4) is 0 Å². The van der Waals surface area contributed by atoms with Gasteiger partial charge in [0, 0.05) is 18.8 Å². The van der Waals surface area contributed by atoms with Gasteiger partial charge in [-0.15, -0.1) is 0 Å². The lowest BCUT2D eigenvalue weighted by molar-refractivity contribution is -0.873. The number of aliphatic carboxylic acids is 1. The van der Waals surface area contributed by atoms with E-state index < -0.39 is 12.1 Å². The van der Waals surface area contributed by atoms with Crippen LogP contribution in [0.2, 0.25) is 0 Å². The van der Waals surface area contributed by atoms with Gasteiger partial charge in [0.15, 0.2) is 6.10 Å². The van der Waals surface area contributed by atoms with Gasteiger partial charge in [-0.1, -0.05) is 123 Å². The molecule has 0 aromatic heterocycles. The Morgan fingerprint density at radius 1 is 0.714 bits per heavy atom. The smallest absolute Gasteiger partial charge is 0.306 e. The Hall–Kier alpha value is -1.10. The lowest BCUT2D eigenvalue weighted by Gasteiger charge is -2.29. The summed E-state index contributed by atoms with van der Waals surface area (Å²) in [4.78, 5) is 23.1. The van der Waals surface area contributed by atoms with E-state index in [9.17, 15) is 14.7 Å². The van der Waals surface area contributed by atoms with Crippen molar-refractivity contribution in [1.82, 2.24) is 0 Å². The lowest BCUT2D eigenvalue weighted by atomic mass is 9.96. The molecule has 0 fully saturated rings. The van der Waals surface area contributed by atoms with Crippen LogP contribution in [0.1, 0.15) is 142 Å². The van der Waals surface area contributed by atoms with Gasteiger partial charge < -0.3 is 19.1 Å². The van der Waals surface area contributed by atoms with E-state index in [0.29, 0.717) is 23.4 Å². The van der Waals surface area contributed by atoms with Gasteiger partial charge in [0.1, 0.15) is 6.54 Å². The second-order valence-electron chi connectivity index (χ2n) is 11.9. The summed E-state index contributed by atoms with van der Waals surface area (Å²) in [5.74, 6) is -0.840. The molecule has 208 valence electrons. The van der Waals surface area contributed by atoms with Crippen molar-refractivity contribution < 1.29 is 23.9 Å². The van der Waals surface area contributed by atoms with Crippen molar-refractivity contribution in [2.75, 3.05) is 27.7 Å². The number of ether oxygens (including phenoxy) is 1. The van der Waals surface area contributed by atoms with E-state index in [2.05, 4.69) is 13.8 Å². The number of esters is 1. The van der Waals surface area contributed by atoms with Crippen LogP contribution in [0, 0.1) is 5.92 Å². The molecular weight excluding hydrogens is 438 g/mol. The van der Waals surface area contributed by atoms with E-state index in [1.54, 1.807) is 0 Å². The molecule has 0 spiro atoms. The fourth-order valence-corrected chi connectivity index (χ4v) is 4.79. The number of carboxylic acid groups (broad SMARTS) is 1. The van der Waals surface area contributed by atoms with Crippen LogP contribution >= 0.6 is 0 Å². The lowest BCUT2D eigenvalue weighted by Crippen LogP contribution is -2.45. The van der Waals surface area contributed by atoms with Crippen molar-refractivity contribution in [2.24, 2.45) is 5.92 Å². The van der Waals surface area contributed by atoms with Crippen LogP contribution in [-0.4, -0.2) is 50.2 Å². The number of carbonyl (C=O) groups is 2. The van der Waals surface area contributed by atoms with Crippen LogP contribution in [0.15, 0.2) is 0 Å². The minimum atomic E-state index is -1.17. The largest absolute Gasteiger partial charge is 0.550 e. The third kappa shape index (κ3) is 25.8. The molecule has 0 N–H and O–H groups in total. The standard InChI is InChI=1S/C30H59NO4/c1-6-7-8-9-10-11-12-13-14-15-16-17-18-19-20-22-27(2)23-21-24-30(34)35-28(25-29(32)33)26-31(3,4)5/h27-28H,6-26H2,1-5H3. The molecule has 0 saturated carbocycles. The van der Waals surface area contributed by atoms with Crippen LogP contribution in [0.5, 0.6) is 0 Å². The Labute approximate surface area is 218 Å². The molecule has 0 saturated heterocycles. The molecule has 0 aliphatic rings. The SMILES string of the molecule is CCCCCCCCCCCCCCCCCC(C)CCCC(=O)OC(CC(=O)[O-])C[N+](C)(C)C. The third-order valence-corrected chi connectivity index (χ3v) is 6.82. The van der Waals surface area contributed by atoms with Gasteiger partial charge in [0.25, 0.3) is 0 Å². The molecule has 0 rings (SSSR count). The molecule has 0 heterocycles. The molecule has 2 unspecified atom stereocenters. The van der Waals surface area contributed by atoms with Gasteiger partial charge in [0.2, 0.25) is 0 Å². The number of carboxylic acids is 1. The number of carbonyl (C=O) groups excluding carboxylic acids is 2. The molecule has 0 aliphatic carbocycles. The van der Waals surface area contributed by atoms with Gasteiger partial charge >= 0.3 is 5.97 Å². The molecule has 5 nitrogen and oxygen atoms in total. The Morgan fingerprint density at radius 2 is 1.14 bits per heavy atom. The van der Waals surface area contributed by atoms with E-state index in [4.69, 9.17) is 4.74 Å². The Balaban J connectivity index is 3.60. The molecule has 0 radical (unpaired) electrons. The number of hydrogen-bond donors (Lipinski definition) is 0. The number of quaternary nitrogens is 1. The highest BCUT2D eigenvalue weighted by atomic mass is 16.5. The highest BCUT2D eigenvalue weighted by molar-refractivity contribution is 5.70. The Morgan fingerprint density at radius 3 is 1.57 bits per heavy atom. The van der Waals surface area contributed by atoms with Crippen molar-refractivity contribution in [3.63, 3.8) is 0 Å². The minimum absolute atomic E-state index is 0.239. The average Bonchev–Trinajstić information content (AvgIpc) is 2.74. The first-order valence-corrected chi connectivity index (χ1v) is 14.8. The maximum atomic E-state index is 12.2. The van der Waals surface area contributed by atoms with Gasteiger partial charge in [-0.25, -0.2) is 0 Å². The quantitative estimate of drug-likeness (QED) is 0.0789. The number of rotatable bonds is 25. The monoisotopic (exact) mass is 497 g/mol. The van der Waals surface area contributed by atoms with Crippen molar-refractivity contribution in [1.29, 1.82) is 0 Å². The summed E-state index contributed by atoms with van der Waals surface area (Å²) >= 11 is 0. The summed E-state index contributed by atoms with van der Waals surface area (Å²) in [5.41, 5.74) is 0. The predicted octanol–water partition coefficient (Wildman–Crippen LogP) is 6.81. The molecule has 0 aliphatic heterocycles. The molecule has 0 aromatic carbocycles. The summed E-state index contributed by atoms with van der Waals surface area (Å²) in [5, 5.41) is 11.0. The minimum Gasteiger partial charge on any atom is -0.550 e.